The Morgan fingerprint density at radius 1 is 0.806 bits per heavy atom. The Morgan fingerprint density at radius 2 is 1.29 bits per heavy atom. The predicted octanol–water partition coefficient (Wildman–Crippen LogP) is 6.80. The molecule has 0 aliphatic carbocycles. The number of hydrogen-bond donors (Lipinski definition) is 0. The summed E-state index contributed by atoms with van der Waals surface area (Å²) >= 11 is 0. The topological polar surface area (TPSA) is 24.9 Å². The number of ether oxygens (including phenoxy) is 2. The minimum Gasteiger partial charge on any atom is -0.497 e. The lowest BCUT2D eigenvalue weighted by Gasteiger charge is -2.27. The van der Waals surface area contributed by atoms with Crippen molar-refractivity contribution in [3.05, 3.63) is 84.6 Å². The van der Waals surface area contributed by atoms with Crippen LogP contribution in [0.3, 0.4) is 0 Å². The van der Waals surface area contributed by atoms with Crippen LogP contribution in [0, 0.1) is 0 Å². The zero-order valence-corrected chi connectivity index (χ0v) is 19.0. The normalized spacial score (nSPS) is 14.4. The van der Waals surface area contributed by atoms with Gasteiger partial charge in [-0.2, -0.15) is 0 Å². The van der Waals surface area contributed by atoms with Gasteiger partial charge < -0.3 is 19.3 Å². The quantitative estimate of drug-likeness (QED) is 0.443. The van der Waals surface area contributed by atoms with Crippen LogP contribution in [0.15, 0.2) is 79.0 Å². The van der Waals surface area contributed by atoms with Crippen LogP contribution in [-0.2, 0) is 5.41 Å². The number of methoxy groups -OCH3 is 2. The van der Waals surface area contributed by atoms with E-state index in [4.69, 9.17) is 9.47 Å². The van der Waals surface area contributed by atoms with Gasteiger partial charge in [-0.05, 0) is 79.2 Å². The van der Waals surface area contributed by atoms with Gasteiger partial charge in [-0.3, -0.25) is 0 Å². The maximum atomic E-state index is 5.36. The standard InChI is InChI=1S/C27H30N2O2/c1-7-28-19(2)27(3,4)25-18-22(12-17-26(25)28)29(20-8-13-23(30-5)14-9-20)21-10-15-24(31-6)16-11-21/h8-18H,2,7H2,1,3-6H3. The van der Waals surface area contributed by atoms with Crippen LogP contribution in [0.1, 0.15) is 26.3 Å². The van der Waals surface area contributed by atoms with Gasteiger partial charge in [0, 0.05) is 40.4 Å². The molecule has 0 spiro atoms. The maximum absolute atomic E-state index is 5.36. The Balaban J connectivity index is 1.86. The third kappa shape index (κ3) is 3.52. The third-order valence-corrected chi connectivity index (χ3v) is 6.23. The fourth-order valence-electron chi connectivity index (χ4n) is 4.31. The molecule has 0 radical (unpaired) electrons. The molecule has 0 saturated carbocycles. The molecule has 1 aliphatic rings. The van der Waals surface area contributed by atoms with Crippen LogP contribution in [0.25, 0.3) is 0 Å². The first-order valence-corrected chi connectivity index (χ1v) is 10.6. The molecule has 0 fully saturated rings. The summed E-state index contributed by atoms with van der Waals surface area (Å²) in [5, 5.41) is 0. The molecule has 4 heteroatoms. The zero-order chi connectivity index (χ0) is 22.2. The molecule has 1 heterocycles. The van der Waals surface area contributed by atoms with Crippen LogP contribution in [0.4, 0.5) is 22.7 Å². The van der Waals surface area contributed by atoms with Crippen molar-refractivity contribution in [2.24, 2.45) is 0 Å². The molecule has 0 N–H and O–H groups in total. The van der Waals surface area contributed by atoms with Gasteiger partial charge >= 0.3 is 0 Å². The molecular weight excluding hydrogens is 384 g/mol. The van der Waals surface area contributed by atoms with Crippen molar-refractivity contribution in [2.75, 3.05) is 30.6 Å². The number of fused-ring (bicyclic) bond motifs is 1. The van der Waals surface area contributed by atoms with Crippen molar-refractivity contribution in [1.82, 2.24) is 0 Å². The van der Waals surface area contributed by atoms with E-state index in [0.717, 1.165) is 40.8 Å². The Bertz CT molecular complexity index is 1040. The van der Waals surface area contributed by atoms with E-state index in [1.54, 1.807) is 14.2 Å². The highest BCUT2D eigenvalue weighted by atomic mass is 16.5. The van der Waals surface area contributed by atoms with E-state index in [9.17, 15) is 0 Å². The first-order chi connectivity index (χ1) is 14.9. The summed E-state index contributed by atoms with van der Waals surface area (Å²) in [5.74, 6) is 1.67. The summed E-state index contributed by atoms with van der Waals surface area (Å²) in [5.41, 5.74) is 6.79. The molecular formula is C27H30N2O2. The zero-order valence-electron chi connectivity index (χ0n) is 19.0. The second-order valence-corrected chi connectivity index (χ2v) is 8.25. The predicted molar refractivity (Wildman–Crippen MR) is 129 cm³/mol. The highest BCUT2D eigenvalue weighted by molar-refractivity contribution is 5.81. The minimum atomic E-state index is -0.118. The van der Waals surface area contributed by atoms with Crippen LogP contribution >= 0.6 is 0 Å². The molecule has 160 valence electrons. The van der Waals surface area contributed by atoms with E-state index >= 15 is 0 Å². The van der Waals surface area contributed by atoms with Crippen molar-refractivity contribution in [2.45, 2.75) is 26.2 Å². The maximum Gasteiger partial charge on any atom is 0.119 e. The van der Waals surface area contributed by atoms with Crippen molar-refractivity contribution in [3.8, 4) is 11.5 Å². The fraction of sp³-hybridized carbons (Fsp3) is 0.259. The Kier molecular flexibility index (Phi) is 5.40. The summed E-state index contributed by atoms with van der Waals surface area (Å²) in [4.78, 5) is 4.57. The van der Waals surface area contributed by atoms with Crippen molar-refractivity contribution in [3.63, 3.8) is 0 Å². The van der Waals surface area contributed by atoms with E-state index in [2.05, 4.69) is 79.6 Å². The molecule has 1 aliphatic heterocycles. The molecule has 3 aromatic rings. The Hall–Kier alpha value is -3.40. The molecule has 0 aromatic heterocycles. The molecule has 0 atom stereocenters. The fourth-order valence-corrected chi connectivity index (χ4v) is 4.31. The van der Waals surface area contributed by atoms with Crippen LogP contribution in [0.2, 0.25) is 0 Å². The molecule has 0 unspecified atom stereocenters. The number of hydrogen-bond acceptors (Lipinski definition) is 4. The molecule has 3 aromatic carbocycles. The van der Waals surface area contributed by atoms with E-state index in [1.807, 2.05) is 24.3 Å². The van der Waals surface area contributed by atoms with Crippen LogP contribution in [0.5, 0.6) is 11.5 Å². The first kappa shape index (κ1) is 20.9. The molecule has 4 rings (SSSR count). The number of likely N-dealkylation sites (N-methyl/N-ethyl adjacent to an activating group) is 1. The smallest absolute Gasteiger partial charge is 0.119 e. The third-order valence-electron chi connectivity index (χ3n) is 6.23. The lowest BCUT2D eigenvalue weighted by Crippen LogP contribution is -2.24. The summed E-state index contributed by atoms with van der Waals surface area (Å²) in [6.45, 7) is 12.0. The molecule has 0 bridgehead atoms. The monoisotopic (exact) mass is 414 g/mol. The summed E-state index contributed by atoms with van der Waals surface area (Å²) in [7, 11) is 3.37. The van der Waals surface area contributed by atoms with E-state index in [1.165, 1.54) is 11.3 Å². The number of allylic oxidation sites excluding steroid dienone is 1. The molecule has 0 amide bonds. The average molecular weight is 415 g/mol. The lowest BCUT2D eigenvalue weighted by atomic mass is 9.84. The summed E-state index contributed by atoms with van der Waals surface area (Å²) in [6.07, 6.45) is 0. The summed E-state index contributed by atoms with van der Waals surface area (Å²) in [6, 6.07) is 23.0. The molecule has 0 saturated heterocycles. The van der Waals surface area contributed by atoms with Gasteiger partial charge in [-0.15, -0.1) is 0 Å². The minimum absolute atomic E-state index is 0.118. The van der Waals surface area contributed by atoms with Gasteiger partial charge in [-0.1, -0.05) is 20.4 Å². The van der Waals surface area contributed by atoms with E-state index in [0.29, 0.717) is 0 Å². The lowest BCUT2D eigenvalue weighted by molar-refractivity contribution is 0.415. The second-order valence-electron chi connectivity index (χ2n) is 8.25. The van der Waals surface area contributed by atoms with Gasteiger partial charge in [0.2, 0.25) is 0 Å². The molecule has 4 nitrogen and oxygen atoms in total. The van der Waals surface area contributed by atoms with Crippen molar-refractivity contribution < 1.29 is 9.47 Å². The number of anilines is 4. The number of benzene rings is 3. The van der Waals surface area contributed by atoms with E-state index in [-0.39, 0.29) is 5.41 Å². The Morgan fingerprint density at radius 3 is 1.74 bits per heavy atom. The van der Waals surface area contributed by atoms with Gasteiger partial charge in [0.1, 0.15) is 11.5 Å². The van der Waals surface area contributed by atoms with Gasteiger partial charge in [0.05, 0.1) is 14.2 Å². The highest BCUT2D eigenvalue weighted by Crippen LogP contribution is 2.49. The number of rotatable bonds is 6. The SMILES string of the molecule is C=C1N(CC)c2ccc(N(c3ccc(OC)cc3)c3ccc(OC)cc3)cc2C1(C)C. The largest absolute Gasteiger partial charge is 0.497 e. The van der Waals surface area contributed by atoms with E-state index < -0.39 is 0 Å². The van der Waals surface area contributed by atoms with Gasteiger partial charge in [0.15, 0.2) is 0 Å². The van der Waals surface area contributed by atoms with Gasteiger partial charge in [-0.25, -0.2) is 0 Å². The highest BCUT2D eigenvalue weighted by Gasteiger charge is 2.38. The van der Waals surface area contributed by atoms with Crippen molar-refractivity contribution >= 4 is 22.7 Å². The first-order valence-electron chi connectivity index (χ1n) is 10.6. The number of nitrogens with zero attached hydrogens (tertiary/aromatic N) is 2. The van der Waals surface area contributed by atoms with Crippen molar-refractivity contribution in [1.29, 1.82) is 0 Å². The van der Waals surface area contributed by atoms with Crippen LogP contribution in [-0.4, -0.2) is 20.8 Å². The average Bonchev–Trinajstić information content (AvgIpc) is 2.99. The van der Waals surface area contributed by atoms with Crippen LogP contribution < -0.4 is 19.3 Å². The second kappa shape index (κ2) is 8.03. The summed E-state index contributed by atoms with van der Waals surface area (Å²) < 4.78 is 10.7. The molecule has 31 heavy (non-hydrogen) atoms. The van der Waals surface area contributed by atoms with Gasteiger partial charge in [0.25, 0.3) is 0 Å². The Labute approximate surface area is 185 Å².